The molecule has 5 heteroatoms. The van der Waals surface area contributed by atoms with Crippen LogP contribution in [0.25, 0.3) is 10.9 Å². The van der Waals surface area contributed by atoms with Crippen LogP contribution in [0.1, 0.15) is 10.6 Å². The van der Waals surface area contributed by atoms with Gasteiger partial charge in [0.15, 0.2) is 11.7 Å². The molecule has 0 saturated heterocycles. The van der Waals surface area contributed by atoms with Gasteiger partial charge in [-0.2, -0.15) is 0 Å². The van der Waals surface area contributed by atoms with Gasteiger partial charge in [-0.25, -0.2) is 9.55 Å². The van der Waals surface area contributed by atoms with Crippen LogP contribution >= 0.6 is 0 Å². The molecule has 0 saturated carbocycles. The number of aromatic nitrogens is 3. The Labute approximate surface area is 96.3 Å². The number of carbonyl (C=O) groups is 1. The van der Waals surface area contributed by atoms with Gasteiger partial charge in [-0.05, 0) is 6.07 Å². The standard InChI is InChI=1S/C12H9N3O2/c16-10-7-8-3-1-2-4-9(8)15(10)12(17)11-13-5-6-14-11/h1-7,16H,(H,13,14). The van der Waals surface area contributed by atoms with Gasteiger partial charge in [-0.1, -0.05) is 18.2 Å². The average Bonchev–Trinajstić information content (AvgIpc) is 2.94. The molecule has 2 aromatic heterocycles. The summed E-state index contributed by atoms with van der Waals surface area (Å²) < 4.78 is 1.23. The summed E-state index contributed by atoms with van der Waals surface area (Å²) in [5.41, 5.74) is 0.659. The Balaban J connectivity index is 2.24. The summed E-state index contributed by atoms with van der Waals surface area (Å²) in [6, 6.07) is 8.82. The third-order valence-electron chi connectivity index (χ3n) is 2.60. The van der Waals surface area contributed by atoms with E-state index in [1.165, 1.54) is 10.8 Å². The Bertz CT molecular complexity index is 683. The molecule has 1 aromatic carbocycles. The number of hydrogen-bond acceptors (Lipinski definition) is 3. The predicted molar refractivity (Wildman–Crippen MR) is 61.9 cm³/mol. The highest BCUT2D eigenvalue weighted by atomic mass is 16.3. The molecular formula is C12H9N3O2. The van der Waals surface area contributed by atoms with Gasteiger partial charge in [-0.15, -0.1) is 0 Å². The number of hydrogen-bond donors (Lipinski definition) is 2. The zero-order valence-electron chi connectivity index (χ0n) is 8.79. The first-order valence-corrected chi connectivity index (χ1v) is 5.11. The Morgan fingerprint density at radius 1 is 1.35 bits per heavy atom. The highest BCUT2D eigenvalue weighted by molar-refractivity contribution is 6.01. The van der Waals surface area contributed by atoms with Crippen LogP contribution in [0, 0.1) is 0 Å². The van der Waals surface area contributed by atoms with Gasteiger partial charge in [0.1, 0.15) is 0 Å². The molecule has 0 bridgehead atoms. The summed E-state index contributed by atoms with van der Waals surface area (Å²) in [5.74, 6) is -0.275. The Morgan fingerprint density at radius 3 is 2.94 bits per heavy atom. The van der Waals surface area contributed by atoms with E-state index in [0.29, 0.717) is 5.52 Å². The van der Waals surface area contributed by atoms with Gasteiger partial charge in [-0.3, -0.25) is 4.79 Å². The lowest BCUT2D eigenvalue weighted by Crippen LogP contribution is -2.12. The van der Waals surface area contributed by atoms with Crippen molar-refractivity contribution in [2.75, 3.05) is 0 Å². The molecule has 3 aromatic rings. The first kappa shape index (κ1) is 9.65. The maximum atomic E-state index is 12.1. The molecular weight excluding hydrogens is 218 g/mol. The number of imidazole rings is 1. The molecule has 0 fully saturated rings. The van der Waals surface area contributed by atoms with Gasteiger partial charge in [0.05, 0.1) is 5.52 Å². The fourth-order valence-electron chi connectivity index (χ4n) is 1.84. The van der Waals surface area contributed by atoms with Crippen LogP contribution in [0.3, 0.4) is 0 Å². The third-order valence-corrected chi connectivity index (χ3v) is 2.60. The van der Waals surface area contributed by atoms with E-state index in [-0.39, 0.29) is 17.6 Å². The quantitative estimate of drug-likeness (QED) is 0.665. The zero-order valence-corrected chi connectivity index (χ0v) is 8.79. The first-order chi connectivity index (χ1) is 8.27. The van der Waals surface area contributed by atoms with E-state index in [0.717, 1.165) is 5.39 Å². The van der Waals surface area contributed by atoms with E-state index in [9.17, 15) is 9.90 Å². The van der Waals surface area contributed by atoms with Crippen molar-refractivity contribution in [3.8, 4) is 5.88 Å². The van der Waals surface area contributed by atoms with E-state index >= 15 is 0 Å². The summed E-state index contributed by atoms with van der Waals surface area (Å²) in [5, 5.41) is 10.6. The molecule has 0 unspecified atom stereocenters. The molecule has 2 N–H and O–H groups in total. The van der Waals surface area contributed by atoms with E-state index in [1.54, 1.807) is 18.3 Å². The second kappa shape index (κ2) is 3.48. The number of carbonyl (C=O) groups excluding carboxylic acids is 1. The Kier molecular flexibility index (Phi) is 1.98. The molecule has 0 aliphatic heterocycles. The summed E-state index contributed by atoms with van der Waals surface area (Å²) in [6.45, 7) is 0. The molecule has 3 rings (SSSR count). The van der Waals surface area contributed by atoms with E-state index < -0.39 is 0 Å². The maximum Gasteiger partial charge on any atom is 0.300 e. The summed E-state index contributed by atoms with van der Waals surface area (Å²) in [7, 11) is 0. The SMILES string of the molecule is O=C(c1ncc[nH]1)n1c(O)cc2ccccc21. The molecule has 17 heavy (non-hydrogen) atoms. The number of aromatic hydroxyl groups is 1. The van der Waals surface area contributed by atoms with Crippen LogP contribution in [0.4, 0.5) is 0 Å². The van der Waals surface area contributed by atoms with Crippen molar-refractivity contribution in [1.82, 2.24) is 14.5 Å². The van der Waals surface area contributed by atoms with E-state index in [2.05, 4.69) is 9.97 Å². The van der Waals surface area contributed by atoms with Crippen molar-refractivity contribution in [2.24, 2.45) is 0 Å². The van der Waals surface area contributed by atoms with Crippen molar-refractivity contribution in [3.63, 3.8) is 0 Å². The summed E-state index contributed by atoms with van der Waals surface area (Å²) >= 11 is 0. The number of nitrogens with one attached hydrogen (secondary N) is 1. The number of rotatable bonds is 1. The maximum absolute atomic E-state index is 12.1. The van der Waals surface area contributed by atoms with Gasteiger partial charge >= 0.3 is 5.91 Å². The molecule has 0 atom stereocenters. The molecule has 0 aliphatic rings. The van der Waals surface area contributed by atoms with Crippen LogP contribution in [-0.4, -0.2) is 25.5 Å². The lowest BCUT2D eigenvalue weighted by molar-refractivity contribution is 0.0947. The van der Waals surface area contributed by atoms with Crippen LogP contribution in [0.2, 0.25) is 0 Å². The van der Waals surface area contributed by atoms with Crippen LogP contribution in [0.5, 0.6) is 5.88 Å². The number of para-hydroxylation sites is 1. The number of H-pyrrole nitrogens is 1. The van der Waals surface area contributed by atoms with E-state index in [4.69, 9.17) is 0 Å². The molecule has 5 nitrogen and oxygen atoms in total. The smallest absolute Gasteiger partial charge is 0.300 e. The largest absolute Gasteiger partial charge is 0.494 e. The third kappa shape index (κ3) is 1.40. The number of fused-ring (bicyclic) bond motifs is 1. The van der Waals surface area contributed by atoms with Crippen molar-refractivity contribution in [3.05, 3.63) is 48.5 Å². The topological polar surface area (TPSA) is 70.9 Å². The number of nitrogens with zero attached hydrogens (tertiary/aromatic N) is 2. The molecule has 0 spiro atoms. The number of aromatic amines is 1. The molecule has 2 heterocycles. The van der Waals surface area contributed by atoms with Crippen molar-refractivity contribution in [1.29, 1.82) is 0 Å². The van der Waals surface area contributed by atoms with Gasteiger partial charge < -0.3 is 10.1 Å². The monoisotopic (exact) mass is 227 g/mol. The van der Waals surface area contributed by atoms with Crippen molar-refractivity contribution >= 4 is 16.8 Å². The second-order valence-electron chi connectivity index (χ2n) is 3.64. The lowest BCUT2D eigenvalue weighted by atomic mass is 10.2. The average molecular weight is 227 g/mol. The Morgan fingerprint density at radius 2 is 2.18 bits per heavy atom. The minimum absolute atomic E-state index is 0.0902. The highest BCUT2D eigenvalue weighted by Gasteiger charge is 2.17. The highest BCUT2D eigenvalue weighted by Crippen LogP contribution is 2.24. The lowest BCUT2D eigenvalue weighted by Gasteiger charge is -2.02. The molecule has 0 aliphatic carbocycles. The van der Waals surface area contributed by atoms with Gasteiger partial charge in [0.2, 0.25) is 0 Å². The molecule has 0 radical (unpaired) electrons. The van der Waals surface area contributed by atoms with Crippen LogP contribution < -0.4 is 0 Å². The van der Waals surface area contributed by atoms with Crippen LogP contribution in [0.15, 0.2) is 42.7 Å². The second-order valence-corrected chi connectivity index (χ2v) is 3.64. The van der Waals surface area contributed by atoms with E-state index in [1.807, 2.05) is 18.2 Å². The van der Waals surface area contributed by atoms with Gasteiger partial charge in [0, 0.05) is 23.8 Å². The zero-order chi connectivity index (χ0) is 11.8. The fraction of sp³-hybridized carbons (Fsp3) is 0. The van der Waals surface area contributed by atoms with Crippen LogP contribution in [-0.2, 0) is 0 Å². The van der Waals surface area contributed by atoms with Crippen molar-refractivity contribution < 1.29 is 9.90 Å². The molecule has 0 amide bonds. The minimum Gasteiger partial charge on any atom is -0.494 e. The van der Waals surface area contributed by atoms with Crippen molar-refractivity contribution in [2.45, 2.75) is 0 Å². The Hall–Kier alpha value is -2.56. The predicted octanol–water partition coefficient (Wildman–Crippen LogP) is 1.76. The first-order valence-electron chi connectivity index (χ1n) is 5.11. The summed E-state index contributed by atoms with van der Waals surface area (Å²) in [4.78, 5) is 18.7. The summed E-state index contributed by atoms with van der Waals surface area (Å²) in [6.07, 6.45) is 3.06. The normalized spacial score (nSPS) is 10.8. The number of benzene rings is 1. The van der Waals surface area contributed by atoms with Gasteiger partial charge in [0.25, 0.3) is 0 Å². The molecule has 84 valence electrons. The minimum atomic E-state index is -0.381. The fourth-order valence-corrected chi connectivity index (χ4v) is 1.84.